The Morgan fingerprint density at radius 1 is 1.08 bits per heavy atom. The molecule has 2 aromatic rings. The van der Waals surface area contributed by atoms with Gasteiger partial charge in [-0.05, 0) is 42.0 Å². The van der Waals surface area contributed by atoms with Gasteiger partial charge in [0.15, 0.2) is 0 Å². The molecule has 0 unspecified atom stereocenters. The molecule has 0 bridgehead atoms. The fourth-order valence-electron chi connectivity index (χ4n) is 2.58. The van der Waals surface area contributed by atoms with Gasteiger partial charge in [0.05, 0.1) is 18.7 Å². The molecule has 6 heteroatoms. The molecule has 1 amide bonds. The third-order valence-corrected chi connectivity index (χ3v) is 3.84. The standard InChI is InChI=1S/C18H14FNO4/c1-24-13-8-4-11(5-9-13)16(21)14-15(20-18(23)17(14)22)10-2-6-12(19)7-3-10/h2-9,15,21H,1H3,(H,20,23)/t15-/m0/s1. The third-order valence-electron chi connectivity index (χ3n) is 3.84. The lowest BCUT2D eigenvalue weighted by atomic mass is 9.96. The van der Waals surface area contributed by atoms with Crippen LogP contribution < -0.4 is 10.1 Å². The minimum Gasteiger partial charge on any atom is -0.507 e. The van der Waals surface area contributed by atoms with E-state index in [4.69, 9.17) is 4.74 Å². The number of aliphatic hydroxyl groups is 1. The molecule has 0 saturated carbocycles. The number of amides is 1. The van der Waals surface area contributed by atoms with Crippen LogP contribution in [0.1, 0.15) is 17.2 Å². The quantitative estimate of drug-likeness (QED) is 0.516. The van der Waals surface area contributed by atoms with Crippen molar-refractivity contribution in [1.82, 2.24) is 5.32 Å². The molecule has 1 heterocycles. The largest absolute Gasteiger partial charge is 0.507 e. The summed E-state index contributed by atoms with van der Waals surface area (Å²) in [5.74, 6) is -1.75. The van der Waals surface area contributed by atoms with E-state index in [1.54, 1.807) is 24.3 Å². The van der Waals surface area contributed by atoms with Crippen LogP contribution in [0.3, 0.4) is 0 Å². The number of carbonyl (C=O) groups is 2. The Labute approximate surface area is 137 Å². The second-order valence-corrected chi connectivity index (χ2v) is 5.28. The highest BCUT2D eigenvalue weighted by Gasteiger charge is 2.39. The van der Waals surface area contributed by atoms with E-state index in [2.05, 4.69) is 5.32 Å². The summed E-state index contributed by atoms with van der Waals surface area (Å²) < 4.78 is 18.1. The highest BCUT2D eigenvalue weighted by atomic mass is 19.1. The fourth-order valence-corrected chi connectivity index (χ4v) is 2.58. The van der Waals surface area contributed by atoms with Gasteiger partial charge in [-0.25, -0.2) is 4.39 Å². The van der Waals surface area contributed by atoms with Crippen LogP contribution in [0.4, 0.5) is 4.39 Å². The summed E-state index contributed by atoms with van der Waals surface area (Å²) in [7, 11) is 1.51. The molecule has 0 radical (unpaired) electrons. The van der Waals surface area contributed by atoms with Crippen molar-refractivity contribution >= 4 is 17.4 Å². The molecule has 24 heavy (non-hydrogen) atoms. The van der Waals surface area contributed by atoms with Gasteiger partial charge in [-0.1, -0.05) is 12.1 Å². The normalized spacial score (nSPS) is 19.2. The van der Waals surface area contributed by atoms with E-state index in [1.807, 2.05) is 0 Å². The van der Waals surface area contributed by atoms with Gasteiger partial charge in [-0.15, -0.1) is 0 Å². The summed E-state index contributed by atoms with van der Waals surface area (Å²) in [4.78, 5) is 23.9. The summed E-state index contributed by atoms with van der Waals surface area (Å²) in [5.41, 5.74) is 0.824. The molecule has 2 aromatic carbocycles. The number of rotatable bonds is 3. The van der Waals surface area contributed by atoms with E-state index in [-0.39, 0.29) is 11.3 Å². The number of ketones is 1. The first-order chi connectivity index (χ1) is 11.5. The first kappa shape index (κ1) is 15.7. The Bertz CT molecular complexity index is 825. The highest BCUT2D eigenvalue weighted by Crippen LogP contribution is 2.33. The Kier molecular flexibility index (Phi) is 4.04. The van der Waals surface area contributed by atoms with E-state index in [0.717, 1.165) is 0 Å². The van der Waals surface area contributed by atoms with Crippen molar-refractivity contribution in [3.05, 3.63) is 71.0 Å². The smallest absolute Gasteiger partial charge is 0.293 e. The molecule has 1 saturated heterocycles. The van der Waals surface area contributed by atoms with E-state index in [1.165, 1.54) is 31.4 Å². The maximum Gasteiger partial charge on any atom is 0.293 e. The molecule has 3 rings (SSSR count). The number of ether oxygens (including phenoxy) is 1. The van der Waals surface area contributed by atoms with Crippen molar-refractivity contribution in [1.29, 1.82) is 0 Å². The first-order valence-corrected chi connectivity index (χ1v) is 7.19. The SMILES string of the molecule is COc1ccc(C(O)=C2C(=O)C(=O)N[C@H]2c2ccc(F)cc2)cc1. The molecule has 122 valence electrons. The molecule has 1 aliphatic rings. The third kappa shape index (κ3) is 2.74. The Hall–Kier alpha value is -3.15. The van der Waals surface area contributed by atoms with Gasteiger partial charge in [-0.2, -0.15) is 0 Å². The number of carbonyl (C=O) groups excluding carboxylic acids is 2. The molecule has 0 aromatic heterocycles. The molecule has 1 aliphatic heterocycles. The van der Waals surface area contributed by atoms with Crippen LogP contribution in [-0.4, -0.2) is 23.9 Å². The number of halogens is 1. The maximum atomic E-state index is 13.1. The van der Waals surface area contributed by atoms with Gasteiger partial charge in [0, 0.05) is 5.56 Å². The van der Waals surface area contributed by atoms with Crippen LogP contribution in [0.15, 0.2) is 54.1 Å². The molecule has 1 atom stereocenters. The number of benzene rings is 2. The zero-order valence-electron chi connectivity index (χ0n) is 12.7. The van der Waals surface area contributed by atoms with Crippen molar-refractivity contribution in [3.63, 3.8) is 0 Å². The number of methoxy groups -OCH3 is 1. The van der Waals surface area contributed by atoms with Gasteiger partial charge >= 0.3 is 0 Å². The predicted octanol–water partition coefficient (Wildman–Crippen LogP) is 2.54. The summed E-state index contributed by atoms with van der Waals surface area (Å²) in [5, 5.41) is 13.0. The van der Waals surface area contributed by atoms with E-state index < -0.39 is 23.5 Å². The maximum absolute atomic E-state index is 13.1. The Morgan fingerprint density at radius 2 is 1.71 bits per heavy atom. The first-order valence-electron chi connectivity index (χ1n) is 7.19. The van der Waals surface area contributed by atoms with Crippen LogP contribution in [0.2, 0.25) is 0 Å². The Morgan fingerprint density at radius 3 is 2.29 bits per heavy atom. The number of Topliss-reactive ketones (excluding diaryl/α,β-unsaturated/α-hetero) is 1. The van der Waals surface area contributed by atoms with E-state index >= 15 is 0 Å². The summed E-state index contributed by atoms with van der Waals surface area (Å²) in [6.07, 6.45) is 0. The lowest BCUT2D eigenvalue weighted by Crippen LogP contribution is -2.21. The molecular formula is C18H14FNO4. The molecule has 0 aliphatic carbocycles. The van der Waals surface area contributed by atoms with Crippen molar-refractivity contribution in [3.8, 4) is 5.75 Å². The monoisotopic (exact) mass is 327 g/mol. The second-order valence-electron chi connectivity index (χ2n) is 5.28. The van der Waals surface area contributed by atoms with Crippen molar-refractivity contribution in [2.75, 3.05) is 7.11 Å². The minimum atomic E-state index is -0.826. The van der Waals surface area contributed by atoms with Gasteiger partial charge in [-0.3, -0.25) is 9.59 Å². The van der Waals surface area contributed by atoms with Gasteiger partial charge < -0.3 is 15.2 Å². The predicted molar refractivity (Wildman–Crippen MR) is 84.8 cm³/mol. The zero-order chi connectivity index (χ0) is 17.3. The van der Waals surface area contributed by atoms with Crippen LogP contribution in [-0.2, 0) is 9.59 Å². The Balaban J connectivity index is 2.07. The molecule has 0 spiro atoms. The zero-order valence-corrected chi connectivity index (χ0v) is 12.7. The van der Waals surface area contributed by atoms with E-state index in [0.29, 0.717) is 16.9 Å². The second kappa shape index (κ2) is 6.16. The topological polar surface area (TPSA) is 75.6 Å². The van der Waals surface area contributed by atoms with Crippen LogP contribution in [0.25, 0.3) is 5.76 Å². The molecule has 2 N–H and O–H groups in total. The van der Waals surface area contributed by atoms with Crippen LogP contribution in [0.5, 0.6) is 5.75 Å². The van der Waals surface area contributed by atoms with E-state index in [9.17, 15) is 19.1 Å². The number of hydrogen-bond donors (Lipinski definition) is 2. The summed E-state index contributed by atoms with van der Waals surface area (Å²) in [6.45, 7) is 0. The van der Waals surface area contributed by atoms with Crippen LogP contribution >= 0.6 is 0 Å². The average molecular weight is 327 g/mol. The highest BCUT2D eigenvalue weighted by molar-refractivity contribution is 6.46. The molecule has 5 nitrogen and oxygen atoms in total. The lowest BCUT2D eigenvalue weighted by Gasteiger charge is -2.13. The number of aliphatic hydroxyl groups excluding tert-OH is 1. The van der Waals surface area contributed by atoms with Gasteiger partial charge in [0.2, 0.25) is 0 Å². The minimum absolute atomic E-state index is 0.0585. The van der Waals surface area contributed by atoms with Gasteiger partial charge in [0.1, 0.15) is 17.3 Å². The van der Waals surface area contributed by atoms with Crippen molar-refractivity contribution < 1.29 is 23.8 Å². The molecular weight excluding hydrogens is 313 g/mol. The summed E-state index contributed by atoms with van der Waals surface area (Å²) >= 11 is 0. The lowest BCUT2D eigenvalue weighted by molar-refractivity contribution is -0.133. The summed E-state index contributed by atoms with van der Waals surface area (Å²) in [6, 6.07) is 11.0. The number of hydrogen-bond acceptors (Lipinski definition) is 4. The van der Waals surface area contributed by atoms with Crippen LogP contribution in [0, 0.1) is 5.82 Å². The molecule has 1 fully saturated rings. The number of nitrogens with one attached hydrogen (secondary N) is 1. The van der Waals surface area contributed by atoms with Gasteiger partial charge in [0.25, 0.3) is 11.7 Å². The fraction of sp³-hybridized carbons (Fsp3) is 0.111. The average Bonchev–Trinajstić information content (AvgIpc) is 2.90. The van der Waals surface area contributed by atoms with Crippen molar-refractivity contribution in [2.24, 2.45) is 0 Å². The van der Waals surface area contributed by atoms with Crippen molar-refractivity contribution in [2.45, 2.75) is 6.04 Å².